The summed E-state index contributed by atoms with van der Waals surface area (Å²) < 4.78 is 58.4. The van der Waals surface area contributed by atoms with Crippen molar-refractivity contribution in [2.45, 2.75) is 104 Å². The second-order valence-electron chi connectivity index (χ2n) is 13.3. The van der Waals surface area contributed by atoms with E-state index < -0.39 is 41.2 Å². The molecule has 3 rings (SSSR count). The van der Waals surface area contributed by atoms with Crippen molar-refractivity contribution in [1.82, 2.24) is 0 Å². The number of ether oxygens (including phenoxy) is 4. The monoisotopic (exact) mass is 650 g/mol. The largest absolute Gasteiger partial charge is 0.504 e. The van der Waals surface area contributed by atoms with E-state index in [4.69, 9.17) is 14.2 Å². The van der Waals surface area contributed by atoms with Gasteiger partial charge in [-0.05, 0) is 127 Å². The number of halogens is 3. The Balaban J connectivity index is 1.76. The lowest BCUT2D eigenvalue weighted by atomic mass is 9.71. The first-order chi connectivity index (χ1) is 21.4. The molecule has 0 amide bonds. The van der Waals surface area contributed by atoms with Crippen LogP contribution in [0.2, 0.25) is 0 Å². The Morgan fingerprint density at radius 1 is 0.957 bits per heavy atom. The summed E-state index contributed by atoms with van der Waals surface area (Å²) in [5.74, 6) is -1.65. The number of rotatable bonds is 14. The lowest BCUT2D eigenvalue weighted by Gasteiger charge is -2.37. The van der Waals surface area contributed by atoms with Gasteiger partial charge in [0.2, 0.25) is 0 Å². The van der Waals surface area contributed by atoms with Gasteiger partial charge in [-0.3, -0.25) is 9.59 Å². The number of carbonyl (C=O) groups is 3. The molecule has 2 atom stereocenters. The van der Waals surface area contributed by atoms with Crippen molar-refractivity contribution >= 4 is 17.9 Å². The molecule has 0 radical (unpaired) electrons. The van der Waals surface area contributed by atoms with E-state index in [1.54, 1.807) is 26.0 Å². The van der Waals surface area contributed by atoms with Gasteiger partial charge < -0.3 is 24.1 Å². The van der Waals surface area contributed by atoms with E-state index >= 15 is 0 Å². The van der Waals surface area contributed by atoms with E-state index in [1.807, 2.05) is 26.8 Å². The van der Waals surface area contributed by atoms with Crippen LogP contribution in [0.3, 0.4) is 0 Å². The van der Waals surface area contributed by atoms with Gasteiger partial charge >= 0.3 is 24.1 Å². The third-order valence-electron chi connectivity index (χ3n) is 8.88. The molecule has 2 aromatic carbocycles. The molecule has 2 aromatic rings. The lowest BCUT2D eigenvalue weighted by molar-refractivity contribution is -0.171. The minimum Gasteiger partial charge on any atom is -0.504 e. The van der Waals surface area contributed by atoms with Crippen LogP contribution >= 0.6 is 0 Å². The number of alkyl halides is 3. The van der Waals surface area contributed by atoms with E-state index in [-0.39, 0.29) is 35.4 Å². The van der Waals surface area contributed by atoms with Crippen LogP contribution in [0.4, 0.5) is 13.2 Å². The highest BCUT2D eigenvalue weighted by atomic mass is 19.4. The molecule has 0 saturated heterocycles. The van der Waals surface area contributed by atoms with Crippen LogP contribution in [0.5, 0.6) is 17.2 Å². The SMILES string of the molecule is CCC(CC(C)(CCC(C)(C)C(=O)Oc1ccc(C(=O)OCC(F)(F)F)cc1)C(=O)OC1(C)CCCC1)c1ccc(O)c(OC)c1. The average molecular weight is 651 g/mol. The van der Waals surface area contributed by atoms with Crippen molar-refractivity contribution < 1.29 is 51.6 Å². The van der Waals surface area contributed by atoms with Crippen molar-refractivity contribution in [2.24, 2.45) is 10.8 Å². The minimum atomic E-state index is -4.64. The summed E-state index contributed by atoms with van der Waals surface area (Å²) in [4.78, 5) is 39.1. The number of phenols is 1. The minimum absolute atomic E-state index is 0.0220. The van der Waals surface area contributed by atoms with Gasteiger partial charge in [-0.2, -0.15) is 13.2 Å². The van der Waals surface area contributed by atoms with E-state index in [2.05, 4.69) is 4.74 Å². The Hall–Kier alpha value is -3.76. The van der Waals surface area contributed by atoms with Gasteiger partial charge in [-0.25, -0.2) is 4.79 Å². The average Bonchev–Trinajstić information content (AvgIpc) is 3.43. The Labute approximate surface area is 268 Å². The number of aromatic hydroxyl groups is 1. The quantitative estimate of drug-likeness (QED) is 0.161. The molecule has 1 N–H and O–H groups in total. The molecule has 46 heavy (non-hydrogen) atoms. The topological polar surface area (TPSA) is 108 Å². The summed E-state index contributed by atoms with van der Waals surface area (Å²) in [6.07, 6.45) is 0.651. The fourth-order valence-electron chi connectivity index (χ4n) is 5.67. The molecule has 0 aliphatic heterocycles. The first-order valence-electron chi connectivity index (χ1n) is 15.6. The molecule has 0 spiro atoms. The fraction of sp³-hybridized carbons (Fsp3) is 0.571. The molecule has 0 heterocycles. The van der Waals surface area contributed by atoms with Crippen molar-refractivity contribution in [3.05, 3.63) is 53.6 Å². The van der Waals surface area contributed by atoms with Crippen molar-refractivity contribution in [3.63, 3.8) is 0 Å². The van der Waals surface area contributed by atoms with Crippen LogP contribution in [0.1, 0.15) is 108 Å². The summed E-state index contributed by atoms with van der Waals surface area (Å²) >= 11 is 0. The first-order valence-corrected chi connectivity index (χ1v) is 15.6. The van der Waals surface area contributed by atoms with Crippen LogP contribution in [-0.2, 0) is 19.1 Å². The summed E-state index contributed by atoms with van der Waals surface area (Å²) in [6.45, 7) is 7.57. The highest BCUT2D eigenvalue weighted by Crippen LogP contribution is 2.45. The molecule has 8 nitrogen and oxygen atoms in total. The highest BCUT2D eigenvalue weighted by molar-refractivity contribution is 5.89. The lowest BCUT2D eigenvalue weighted by Crippen LogP contribution is -2.40. The van der Waals surface area contributed by atoms with Gasteiger partial charge in [-0.1, -0.05) is 13.0 Å². The molecule has 1 aliphatic carbocycles. The molecule has 11 heteroatoms. The Morgan fingerprint density at radius 2 is 1.59 bits per heavy atom. The molecule has 0 aromatic heterocycles. The maximum absolute atomic E-state index is 13.9. The standard InChI is InChI=1S/C35H45F3O8/c1-7-23(25-12-15-27(39)28(20-25)43-6)21-33(4,31(42)46-34(5)16-8-9-17-34)19-18-32(2,3)30(41)45-26-13-10-24(11-14-26)29(40)44-22-35(36,37)38/h10-15,20,23,39H,7-9,16-19,21-22H2,1-6H3. The summed E-state index contributed by atoms with van der Waals surface area (Å²) in [5, 5.41) is 10.1. The van der Waals surface area contributed by atoms with Crippen molar-refractivity contribution in [3.8, 4) is 17.2 Å². The number of hydrogen-bond donors (Lipinski definition) is 1. The predicted molar refractivity (Wildman–Crippen MR) is 165 cm³/mol. The van der Waals surface area contributed by atoms with Crippen molar-refractivity contribution in [1.29, 1.82) is 0 Å². The zero-order chi connectivity index (χ0) is 34.3. The number of hydrogen-bond acceptors (Lipinski definition) is 8. The van der Waals surface area contributed by atoms with Crippen LogP contribution in [0, 0.1) is 10.8 Å². The number of carbonyl (C=O) groups excluding carboxylic acids is 3. The highest BCUT2D eigenvalue weighted by Gasteiger charge is 2.44. The Kier molecular flexibility index (Phi) is 11.8. The molecule has 254 valence electrons. The maximum atomic E-state index is 13.9. The first kappa shape index (κ1) is 36.7. The third kappa shape index (κ3) is 9.87. The van der Waals surface area contributed by atoms with Gasteiger partial charge in [-0.15, -0.1) is 0 Å². The molecular weight excluding hydrogens is 605 g/mol. The van der Waals surface area contributed by atoms with E-state index in [0.717, 1.165) is 31.2 Å². The van der Waals surface area contributed by atoms with Gasteiger partial charge in [0.1, 0.15) is 11.4 Å². The maximum Gasteiger partial charge on any atom is 0.422 e. The van der Waals surface area contributed by atoms with Gasteiger partial charge in [0.15, 0.2) is 18.1 Å². The second-order valence-corrected chi connectivity index (χ2v) is 13.3. The molecule has 1 aliphatic rings. The van der Waals surface area contributed by atoms with Crippen LogP contribution in [0.15, 0.2) is 42.5 Å². The van der Waals surface area contributed by atoms with Gasteiger partial charge in [0, 0.05) is 0 Å². The van der Waals surface area contributed by atoms with E-state index in [1.165, 1.54) is 31.4 Å². The predicted octanol–water partition coefficient (Wildman–Crippen LogP) is 8.30. The molecule has 1 saturated carbocycles. The van der Waals surface area contributed by atoms with Crippen molar-refractivity contribution in [2.75, 3.05) is 13.7 Å². The fourth-order valence-corrected chi connectivity index (χ4v) is 5.67. The van der Waals surface area contributed by atoms with Gasteiger partial charge in [0.25, 0.3) is 0 Å². The summed E-state index contributed by atoms with van der Waals surface area (Å²) in [6, 6.07) is 10.2. The Morgan fingerprint density at radius 3 is 2.15 bits per heavy atom. The summed E-state index contributed by atoms with van der Waals surface area (Å²) in [5.41, 5.74) is -1.75. The molecule has 2 unspecified atom stereocenters. The number of methoxy groups -OCH3 is 1. The summed E-state index contributed by atoms with van der Waals surface area (Å²) in [7, 11) is 1.48. The van der Waals surface area contributed by atoms with Crippen LogP contribution < -0.4 is 9.47 Å². The van der Waals surface area contributed by atoms with Crippen LogP contribution in [-0.4, -0.2) is 48.5 Å². The van der Waals surface area contributed by atoms with E-state index in [0.29, 0.717) is 25.0 Å². The smallest absolute Gasteiger partial charge is 0.422 e. The normalized spacial score (nSPS) is 16.6. The Bertz CT molecular complexity index is 1360. The molecular formula is C35H45F3O8. The zero-order valence-corrected chi connectivity index (χ0v) is 27.4. The van der Waals surface area contributed by atoms with E-state index in [9.17, 15) is 32.7 Å². The number of benzene rings is 2. The second kappa shape index (κ2) is 14.8. The zero-order valence-electron chi connectivity index (χ0n) is 27.4. The molecule has 1 fully saturated rings. The molecule has 0 bridgehead atoms. The van der Waals surface area contributed by atoms with Gasteiger partial charge in [0.05, 0.1) is 23.5 Å². The number of phenolic OH excluding ortho intramolecular Hbond substituents is 1. The number of esters is 3. The van der Waals surface area contributed by atoms with Crippen LogP contribution in [0.25, 0.3) is 0 Å². The third-order valence-corrected chi connectivity index (χ3v) is 8.88.